The third-order valence-electron chi connectivity index (χ3n) is 3.00. The Morgan fingerprint density at radius 1 is 1.05 bits per heavy atom. The summed E-state index contributed by atoms with van der Waals surface area (Å²) in [4.78, 5) is 0. The monoisotopic (exact) mass is 335 g/mol. The molecule has 110 valence electrons. The highest BCUT2D eigenvalue weighted by atomic mass is 28.5. The van der Waals surface area contributed by atoms with Gasteiger partial charge in [-0.05, 0) is 51.1 Å². The maximum absolute atomic E-state index is 6.01. The molecule has 1 rings (SSSR count). The maximum Gasteiger partial charge on any atom is 0.423 e. The molecule has 1 unspecified atom stereocenters. The lowest BCUT2D eigenvalue weighted by molar-refractivity contribution is 0.258. The van der Waals surface area contributed by atoms with Crippen LogP contribution in [0.5, 0.6) is 0 Å². The Morgan fingerprint density at radius 3 is 2.53 bits per heavy atom. The van der Waals surface area contributed by atoms with Gasteiger partial charge in [-0.3, -0.25) is 0 Å². The van der Waals surface area contributed by atoms with Gasteiger partial charge in [0.25, 0.3) is 0 Å². The number of nitrogens with two attached hydrogens (primary N) is 1. The molecule has 0 bridgehead atoms. The zero-order chi connectivity index (χ0) is 14.2. The van der Waals surface area contributed by atoms with Gasteiger partial charge in [-0.15, -0.1) is 0 Å². The first kappa shape index (κ1) is 17.7. The maximum atomic E-state index is 6.01. The molecule has 0 aromatic heterocycles. The van der Waals surface area contributed by atoms with Crippen LogP contribution in [-0.2, 0) is 16.8 Å². The van der Waals surface area contributed by atoms with E-state index in [-0.39, 0.29) is 20.0 Å². The van der Waals surface area contributed by atoms with E-state index in [0.717, 1.165) is 38.0 Å². The van der Waals surface area contributed by atoms with E-state index in [4.69, 9.17) is 22.5 Å². The largest absolute Gasteiger partial charge is 0.435 e. The van der Waals surface area contributed by atoms with Crippen LogP contribution in [0.2, 0.25) is 31.7 Å². The van der Waals surface area contributed by atoms with Crippen LogP contribution in [-0.4, -0.2) is 50.0 Å². The molecule has 0 aromatic rings. The molecule has 1 atom stereocenters. The summed E-state index contributed by atoms with van der Waals surface area (Å²) in [7, 11) is -3.58. The second-order valence-electron chi connectivity index (χ2n) is 5.56. The molecule has 9 heteroatoms. The van der Waals surface area contributed by atoms with Gasteiger partial charge in [0.05, 0.1) is 0 Å². The summed E-state index contributed by atoms with van der Waals surface area (Å²) in [6.45, 7) is 8.01. The van der Waals surface area contributed by atoms with Crippen LogP contribution in [0.25, 0.3) is 0 Å². The van der Waals surface area contributed by atoms with Crippen molar-refractivity contribution >= 4 is 36.9 Å². The third-order valence-corrected chi connectivity index (χ3v) is 12.8. The molecule has 0 amide bonds. The van der Waals surface area contributed by atoms with Crippen molar-refractivity contribution in [2.45, 2.75) is 51.0 Å². The van der Waals surface area contributed by atoms with Crippen molar-refractivity contribution in [3.63, 3.8) is 0 Å². The van der Waals surface area contributed by atoms with E-state index < -0.39 is 16.9 Å². The second kappa shape index (κ2) is 8.84. The van der Waals surface area contributed by atoms with Crippen molar-refractivity contribution in [3.8, 4) is 0 Å². The van der Waals surface area contributed by atoms with Gasteiger partial charge in [0, 0.05) is 6.61 Å². The normalized spacial score (nSPS) is 30.3. The average molecular weight is 336 g/mol. The van der Waals surface area contributed by atoms with Crippen molar-refractivity contribution < 1.29 is 16.8 Å². The van der Waals surface area contributed by atoms with Crippen LogP contribution in [0.4, 0.5) is 0 Å². The van der Waals surface area contributed by atoms with E-state index >= 15 is 0 Å². The summed E-state index contributed by atoms with van der Waals surface area (Å²) < 4.78 is 23.4. The predicted molar refractivity (Wildman–Crippen MR) is 82.3 cm³/mol. The van der Waals surface area contributed by atoms with Crippen LogP contribution < -0.4 is 5.73 Å². The van der Waals surface area contributed by atoms with Crippen LogP contribution in [0, 0.1) is 0 Å². The lowest BCUT2D eigenvalue weighted by Gasteiger charge is -2.29. The Labute approximate surface area is 124 Å². The molecule has 0 saturated carbocycles. The summed E-state index contributed by atoms with van der Waals surface area (Å²) in [5, 5.41) is 0. The molecule has 2 N–H and O–H groups in total. The summed E-state index contributed by atoms with van der Waals surface area (Å²) in [6, 6.07) is 2.07. The molecule has 1 heterocycles. The molecule has 0 aromatic carbocycles. The summed E-state index contributed by atoms with van der Waals surface area (Å²) in [6.07, 6.45) is 3.18. The molecule has 1 fully saturated rings. The molecule has 1 saturated heterocycles. The molecule has 1 aliphatic rings. The van der Waals surface area contributed by atoms with Gasteiger partial charge in [0.15, 0.2) is 8.32 Å². The molecule has 19 heavy (non-hydrogen) atoms. The van der Waals surface area contributed by atoms with E-state index in [1.807, 2.05) is 0 Å². The molecule has 5 nitrogen and oxygen atoms in total. The lowest BCUT2D eigenvalue weighted by atomic mass is 10.4. The smallest absolute Gasteiger partial charge is 0.423 e. The first-order chi connectivity index (χ1) is 8.97. The average Bonchev–Trinajstić information content (AvgIpc) is 2.34. The van der Waals surface area contributed by atoms with E-state index in [1.165, 1.54) is 0 Å². The van der Waals surface area contributed by atoms with Gasteiger partial charge in [-0.1, -0.05) is 6.42 Å². The van der Waals surface area contributed by atoms with Crippen LogP contribution in [0.15, 0.2) is 0 Å². The van der Waals surface area contributed by atoms with Gasteiger partial charge in [0.1, 0.15) is 0 Å². The van der Waals surface area contributed by atoms with E-state index in [2.05, 4.69) is 19.6 Å². The van der Waals surface area contributed by atoms with Crippen molar-refractivity contribution in [2.75, 3.05) is 13.2 Å². The first-order valence-corrected chi connectivity index (χ1v) is 14.1. The third kappa shape index (κ3) is 7.87. The van der Waals surface area contributed by atoms with Gasteiger partial charge >= 0.3 is 28.6 Å². The van der Waals surface area contributed by atoms with Crippen molar-refractivity contribution in [3.05, 3.63) is 0 Å². The van der Waals surface area contributed by atoms with E-state index in [0.29, 0.717) is 6.54 Å². The van der Waals surface area contributed by atoms with Crippen molar-refractivity contribution in [2.24, 2.45) is 5.73 Å². The minimum atomic E-state index is -2.18. The lowest BCUT2D eigenvalue weighted by Crippen LogP contribution is -2.45. The zero-order valence-electron chi connectivity index (χ0n) is 12.2. The fourth-order valence-corrected chi connectivity index (χ4v) is 8.73. The van der Waals surface area contributed by atoms with Crippen LogP contribution in [0.1, 0.15) is 19.3 Å². The fraction of sp³-hybridized carbons (Fsp3) is 1.00. The second-order valence-corrected chi connectivity index (χ2v) is 15.4. The topological polar surface area (TPSA) is 62.9 Å². The van der Waals surface area contributed by atoms with Gasteiger partial charge in [-0.25, -0.2) is 0 Å². The quantitative estimate of drug-likeness (QED) is 0.793. The van der Waals surface area contributed by atoms with Gasteiger partial charge in [-0.2, -0.15) is 0 Å². The van der Waals surface area contributed by atoms with Gasteiger partial charge < -0.3 is 22.5 Å². The Balaban J connectivity index is 2.52. The standard InChI is InChI=1S/C10H25NO4Si4/c1-18(2)9-5-4-8-12-16-14-19(3,10-6-7-11)15-17-13-18/h4-11H2,1-3H3. The SMILES string of the molecule is C[Si]1(C)CCCCO[Si]O[Si](C)(CCCN)O[Si]O1. The minimum Gasteiger partial charge on any atom is -0.435 e. The highest BCUT2D eigenvalue weighted by Crippen LogP contribution is 2.19. The van der Waals surface area contributed by atoms with Crippen LogP contribution >= 0.6 is 0 Å². The van der Waals surface area contributed by atoms with Crippen LogP contribution in [0.3, 0.4) is 0 Å². The number of hydrogen-bond acceptors (Lipinski definition) is 5. The van der Waals surface area contributed by atoms with E-state index in [1.54, 1.807) is 0 Å². The Morgan fingerprint density at radius 2 is 1.79 bits per heavy atom. The summed E-state index contributed by atoms with van der Waals surface area (Å²) in [5.74, 6) is 0. The number of rotatable bonds is 3. The Hall–Kier alpha value is 0.668. The summed E-state index contributed by atoms with van der Waals surface area (Å²) >= 11 is 0. The molecular weight excluding hydrogens is 310 g/mol. The fourth-order valence-electron chi connectivity index (χ4n) is 1.70. The Kier molecular flexibility index (Phi) is 8.25. The van der Waals surface area contributed by atoms with Crippen molar-refractivity contribution in [1.29, 1.82) is 0 Å². The zero-order valence-corrected chi connectivity index (χ0v) is 16.2. The minimum absolute atomic E-state index is 0.0822. The Bertz CT molecular complexity index is 260. The molecule has 0 spiro atoms. The van der Waals surface area contributed by atoms with Crippen molar-refractivity contribution in [1.82, 2.24) is 0 Å². The molecule has 4 radical (unpaired) electrons. The first-order valence-electron chi connectivity index (χ1n) is 6.83. The highest BCUT2D eigenvalue weighted by Gasteiger charge is 2.33. The predicted octanol–water partition coefficient (Wildman–Crippen LogP) is 1.54. The highest BCUT2D eigenvalue weighted by molar-refractivity contribution is 6.77. The molecule has 0 aliphatic carbocycles. The molecule has 1 aliphatic heterocycles. The number of hydrogen-bond donors (Lipinski definition) is 1. The molecular formula is C10H25NO4Si4. The summed E-state index contributed by atoms with van der Waals surface area (Å²) in [5.41, 5.74) is 5.58. The van der Waals surface area contributed by atoms with Gasteiger partial charge in [0.2, 0.25) is 0 Å². The van der Waals surface area contributed by atoms with E-state index in [9.17, 15) is 0 Å².